The van der Waals surface area contributed by atoms with Gasteiger partial charge in [0.1, 0.15) is 5.58 Å². The molecular weight excluding hydrogens is 1030 g/mol. The molecule has 0 unspecified atom stereocenters. The quantitative estimate of drug-likeness (QED) is 0.112. The second kappa shape index (κ2) is 18.6. The van der Waals surface area contributed by atoms with Gasteiger partial charge in [0.25, 0.3) is 0 Å². The van der Waals surface area contributed by atoms with Crippen LogP contribution < -0.4 is 4.40 Å². The van der Waals surface area contributed by atoms with Crippen LogP contribution in [0.5, 0.6) is 0 Å². The van der Waals surface area contributed by atoms with Crippen LogP contribution in [-0.2, 0) is 26.5 Å². The van der Waals surface area contributed by atoms with Crippen LogP contribution in [0.3, 0.4) is 0 Å². The first-order chi connectivity index (χ1) is 31.2. The maximum absolute atomic E-state index is 6.15. The fourth-order valence-electron chi connectivity index (χ4n) is 8.91. The molecule has 0 N–H and O–H groups in total. The molecule has 0 aliphatic heterocycles. The van der Waals surface area contributed by atoms with E-state index in [1.807, 2.05) is 36.4 Å². The van der Waals surface area contributed by atoms with Crippen molar-refractivity contribution >= 4 is 61.4 Å². The molecule has 1 radical (unpaired) electrons. The number of imidazole rings is 1. The predicted molar refractivity (Wildman–Crippen MR) is 271 cm³/mol. The van der Waals surface area contributed by atoms with Crippen LogP contribution in [0.25, 0.3) is 94.3 Å². The van der Waals surface area contributed by atoms with E-state index in [0.717, 1.165) is 84.2 Å². The van der Waals surface area contributed by atoms with Gasteiger partial charge in [-0.15, -0.1) is 23.8 Å². The Labute approximate surface area is 397 Å². The molecule has 0 bridgehead atoms. The summed E-state index contributed by atoms with van der Waals surface area (Å²) in [7, 11) is 0. The predicted octanol–water partition coefficient (Wildman–Crippen LogP) is 15.2. The Morgan fingerprint density at radius 1 is 0.615 bits per heavy atom. The monoisotopic (exact) mass is 1080 g/mol. The molecule has 0 spiro atoms. The Morgan fingerprint density at radius 2 is 1.32 bits per heavy atom. The van der Waals surface area contributed by atoms with Crippen molar-refractivity contribution in [1.82, 2.24) is 14.5 Å². The third-order valence-electron chi connectivity index (χ3n) is 11.9. The Balaban J connectivity index is 0.000000215. The van der Waals surface area contributed by atoms with Gasteiger partial charge in [0.2, 0.25) is 0 Å². The number of para-hydroxylation sites is 1. The smallest absolute Gasteiger partial charge is 0.120 e. The zero-order chi connectivity index (χ0) is 43.8. The van der Waals surface area contributed by atoms with E-state index in [9.17, 15) is 0 Å². The number of nitrogens with zero attached hydrogens (tertiary/aromatic N) is 3. The van der Waals surface area contributed by atoms with Gasteiger partial charge >= 0.3 is 126 Å². The molecule has 6 heteroatoms. The van der Waals surface area contributed by atoms with Crippen molar-refractivity contribution in [2.24, 2.45) is 5.92 Å². The van der Waals surface area contributed by atoms with Crippen molar-refractivity contribution in [3.05, 3.63) is 206 Å². The van der Waals surface area contributed by atoms with Crippen LogP contribution in [0.15, 0.2) is 193 Å². The number of rotatable bonds is 8. The average Bonchev–Trinajstić information content (AvgIpc) is 3.91. The summed E-state index contributed by atoms with van der Waals surface area (Å²) in [6.45, 7) is 4.57. The standard InChI is InChI=1S/C41H25N2O.C18H24GeN.Ir/c1-3-11-27(12-4-1)30-20-22-36(34(25-30)28-13-5-2-6-14-28)43-37-23-19-29-15-7-8-16-32(29)40(37)42-41(43)31-21-24-39-35(26-31)33-17-9-10-18-38(33)44-39;1-14(2)11-16-12-18(15-9-7-6-8-10-15)20-13-17(16)19(3,4)5;/h1-20,22-26H;6-9,12-14H,11H2,1-5H3;/q2*-1;. The minimum atomic E-state index is -1.86. The number of pyridine rings is 1. The van der Waals surface area contributed by atoms with E-state index in [1.54, 1.807) is 4.40 Å². The molecule has 0 fully saturated rings. The number of fused-ring (bicyclic) bond motifs is 6. The van der Waals surface area contributed by atoms with Gasteiger partial charge in [0, 0.05) is 42.1 Å². The summed E-state index contributed by atoms with van der Waals surface area (Å²) in [5, 5.41) is 4.43. The van der Waals surface area contributed by atoms with Crippen molar-refractivity contribution < 1.29 is 24.5 Å². The van der Waals surface area contributed by atoms with Gasteiger partial charge in [-0.1, -0.05) is 121 Å². The molecule has 11 rings (SSSR count). The molecule has 4 nitrogen and oxygen atoms in total. The molecule has 0 amide bonds. The summed E-state index contributed by atoms with van der Waals surface area (Å²) in [4.78, 5) is 10.1. The SMILES string of the molecule is CC(C)Cc1cc(-c2[c-]cccc2)nc[c]1[Ge]([CH3])([CH3])[CH3].[Ir].[c-]1cc2oc3ccccc3c2cc1-c1nc2c3ccccc3ccc2n1-c1ccc(-c2ccccc2)cc1-c1ccccc1. The van der Waals surface area contributed by atoms with E-state index in [1.165, 1.54) is 22.1 Å². The fourth-order valence-corrected chi connectivity index (χ4v) is 12.2. The molecule has 0 aliphatic carbocycles. The molecule has 65 heavy (non-hydrogen) atoms. The van der Waals surface area contributed by atoms with Crippen LogP contribution in [-0.4, -0.2) is 27.8 Å². The van der Waals surface area contributed by atoms with E-state index in [-0.39, 0.29) is 20.1 Å². The number of benzene rings is 8. The number of hydrogen-bond donors (Lipinski definition) is 0. The van der Waals surface area contributed by atoms with Crippen LogP contribution in [0.4, 0.5) is 0 Å². The van der Waals surface area contributed by atoms with Crippen molar-refractivity contribution in [2.45, 2.75) is 37.5 Å². The third-order valence-corrected chi connectivity index (χ3v) is 16.3. The van der Waals surface area contributed by atoms with Crippen LogP contribution in [0, 0.1) is 18.1 Å². The zero-order valence-corrected chi connectivity index (χ0v) is 41.8. The summed E-state index contributed by atoms with van der Waals surface area (Å²) in [5.74, 6) is 8.83. The van der Waals surface area contributed by atoms with Crippen LogP contribution in [0.2, 0.25) is 17.3 Å². The third kappa shape index (κ3) is 8.89. The van der Waals surface area contributed by atoms with Gasteiger partial charge in [0.15, 0.2) is 0 Å². The first-order valence-electron chi connectivity index (χ1n) is 22.1. The minimum Gasteiger partial charge on any atom is -0.500 e. The zero-order valence-electron chi connectivity index (χ0n) is 37.3. The molecule has 0 aliphatic rings. The first-order valence-corrected chi connectivity index (χ1v) is 29.5. The van der Waals surface area contributed by atoms with Gasteiger partial charge in [-0.3, -0.25) is 4.98 Å². The maximum atomic E-state index is 6.15. The van der Waals surface area contributed by atoms with E-state index in [0.29, 0.717) is 5.92 Å². The van der Waals surface area contributed by atoms with Crippen molar-refractivity contribution in [1.29, 1.82) is 0 Å². The first kappa shape index (κ1) is 43.9. The number of aromatic nitrogens is 3. The number of furan rings is 1. The maximum Gasteiger partial charge on any atom is 0.120 e. The van der Waals surface area contributed by atoms with Crippen LogP contribution >= 0.6 is 0 Å². The molecule has 8 aromatic carbocycles. The summed E-state index contributed by atoms with van der Waals surface area (Å²) in [6, 6.07) is 70.2. The molecule has 321 valence electrons. The van der Waals surface area contributed by atoms with Crippen LogP contribution in [0.1, 0.15) is 19.4 Å². The van der Waals surface area contributed by atoms with Gasteiger partial charge in [0.05, 0.1) is 22.4 Å². The Bertz CT molecular complexity index is 3420. The normalized spacial score (nSPS) is 11.5. The Morgan fingerprint density at radius 3 is 2.06 bits per heavy atom. The number of hydrogen-bond acceptors (Lipinski definition) is 3. The molecule has 0 saturated heterocycles. The molecular formula is C59H49GeIrN3O-2. The summed E-state index contributed by atoms with van der Waals surface area (Å²) in [6.07, 6.45) is 3.27. The Hall–Kier alpha value is -6.37. The Kier molecular flexibility index (Phi) is 12.6. The van der Waals surface area contributed by atoms with Gasteiger partial charge in [-0.05, 0) is 46.3 Å². The van der Waals surface area contributed by atoms with E-state index >= 15 is 0 Å². The average molecular weight is 1080 g/mol. The molecule has 0 saturated carbocycles. The van der Waals surface area contributed by atoms with E-state index < -0.39 is 13.3 Å². The van der Waals surface area contributed by atoms with Gasteiger partial charge < -0.3 is 8.98 Å². The summed E-state index contributed by atoms with van der Waals surface area (Å²) < 4.78 is 9.99. The van der Waals surface area contributed by atoms with Gasteiger partial charge in [-0.25, -0.2) is 0 Å². The summed E-state index contributed by atoms with van der Waals surface area (Å²) >= 11 is -1.86. The summed E-state index contributed by atoms with van der Waals surface area (Å²) in [5.41, 5.74) is 14.0. The largest absolute Gasteiger partial charge is 0.500 e. The molecule has 3 aromatic heterocycles. The van der Waals surface area contributed by atoms with Crippen molar-refractivity contribution in [2.75, 3.05) is 0 Å². The minimum absolute atomic E-state index is 0. The second-order valence-electron chi connectivity index (χ2n) is 18.0. The van der Waals surface area contributed by atoms with Crippen molar-refractivity contribution in [3.8, 4) is 50.6 Å². The second-order valence-corrected chi connectivity index (χ2v) is 28.5. The topological polar surface area (TPSA) is 43.9 Å². The van der Waals surface area contributed by atoms with E-state index in [4.69, 9.17) is 14.4 Å². The molecule has 11 aromatic rings. The van der Waals surface area contributed by atoms with Gasteiger partial charge in [-0.2, -0.15) is 0 Å². The molecule has 0 atom stereocenters. The molecule has 3 heterocycles. The van der Waals surface area contributed by atoms with Crippen molar-refractivity contribution in [3.63, 3.8) is 0 Å². The fraction of sp³-hybridized carbons (Fsp3) is 0.119. The van der Waals surface area contributed by atoms with E-state index in [2.05, 4.69) is 200 Å².